The van der Waals surface area contributed by atoms with E-state index in [2.05, 4.69) is 20.5 Å². The van der Waals surface area contributed by atoms with Gasteiger partial charge < -0.3 is 20.0 Å². The summed E-state index contributed by atoms with van der Waals surface area (Å²) < 4.78 is 5.52. The number of pyridine rings is 1. The molecule has 2 aromatic heterocycles. The predicted molar refractivity (Wildman–Crippen MR) is 116 cm³/mol. The standard InChI is InChI=1S/C22H25ClN4O2/c23-16-5-7-17(8-6-16)25-21-18-9-14-29-20(18)15-19(26-21)22(28)24-10-4-13-27-11-2-1-3-12-27/h5-9,14-15H,1-4,10-13H2,(H,24,28)(H,25,26). The normalized spacial score (nSPS) is 14.8. The number of halogens is 1. The van der Waals surface area contributed by atoms with E-state index in [1.165, 1.54) is 32.4 Å². The van der Waals surface area contributed by atoms with Crippen LogP contribution >= 0.6 is 11.6 Å². The molecule has 1 fully saturated rings. The van der Waals surface area contributed by atoms with Gasteiger partial charge in [0.25, 0.3) is 5.91 Å². The zero-order valence-electron chi connectivity index (χ0n) is 16.3. The van der Waals surface area contributed by atoms with Gasteiger partial charge >= 0.3 is 0 Å². The fourth-order valence-electron chi connectivity index (χ4n) is 3.63. The van der Waals surface area contributed by atoms with E-state index in [9.17, 15) is 4.79 Å². The van der Waals surface area contributed by atoms with Gasteiger partial charge in [0, 0.05) is 23.3 Å². The molecule has 0 unspecified atom stereocenters. The molecule has 1 aliphatic heterocycles. The Balaban J connectivity index is 1.41. The highest BCUT2D eigenvalue weighted by Gasteiger charge is 2.15. The molecule has 1 aliphatic rings. The SMILES string of the molecule is O=C(NCCCN1CCCCC1)c1cc2occc2c(Nc2ccc(Cl)cc2)n1. The van der Waals surface area contributed by atoms with Gasteiger partial charge in [0.05, 0.1) is 11.6 Å². The number of likely N-dealkylation sites (tertiary alicyclic amines) is 1. The number of nitrogens with zero attached hydrogens (tertiary/aromatic N) is 2. The van der Waals surface area contributed by atoms with E-state index in [0.29, 0.717) is 28.7 Å². The van der Waals surface area contributed by atoms with Gasteiger partial charge in [-0.2, -0.15) is 0 Å². The summed E-state index contributed by atoms with van der Waals surface area (Å²) in [5, 5.41) is 7.71. The number of carbonyl (C=O) groups excluding carboxylic acids is 1. The molecule has 0 radical (unpaired) electrons. The Bertz CT molecular complexity index is 965. The second-order valence-electron chi connectivity index (χ2n) is 7.33. The molecule has 0 bridgehead atoms. The third kappa shape index (κ3) is 5.08. The smallest absolute Gasteiger partial charge is 0.270 e. The molecule has 0 atom stereocenters. The van der Waals surface area contributed by atoms with Crippen molar-refractivity contribution >= 4 is 40.0 Å². The van der Waals surface area contributed by atoms with Crippen LogP contribution in [-0.2, 0) is 0 Å². The molecule has 1 aromatic carbocycles. The molecule has 3 heterocycles. The van der Waals surface area contributed by atoms with Crippen molar-refractivity contribution in [2.45, 2.75) is 25.7 Å². The van der Waals surface area contributed by atoms with Crippen molar-refractivity contribution in [3.8, 4) is 0 Å². The third-order valence-electron chi connectivity index (χ3n) is 5.18. The van der Waals surface area contributed by atoms with Gasteiger partial charge in [-0.1, -0.05) is 18.0 Å². The van der Waals surface area contributed by atoms with Gasteiger partial charge in [0.2, 0.25) is 0 Å². The summed E-state index contributed by atoms with van der Waals surface area (Å²) in [5.41, 5.74) is 1.79. The van der Waals surface area contributed by atoms with Crippen molar-refractivity contribution in [3.63, 3.8) is 0 Å². The molecule has 2 N–H and O–H groups in total. The number of hydrogen-bond donors (Lipinski definition) is 2. The number of nitrogens with one attached hydrogen (secondary N) is 2. The molecule has 152 valence electrons. The second-order valence-corrected chi connectivity index (χ2v) is 7.77. The average Bonchev–Trinajstić information content (AvgIpc) is 3.22. The zero-order chi connectivity index (χ0) is 20.1. The van der Waals surface area contributed by atoms with Crippen molar-refractivity contribution in [1.29, 1.82) is 0 Å². The molecule has 1 amide bonds. The van der Waals surface area contributed by atoms with E-state index < -0.39 is 0 Å². The van der Waals surface area contributed by atoms with Crippen molar-refractivity contribution < 1.29 is 9.21 Å². The third-order valence-corrected chi connectivity index (χ3v) is 5.43. The monoisotopic (exact) mass is 412 g/mol. The maximum atomic E-state index is 12.6. The molecule has 4 rings (SSSR count). The van der Waals surface area contributed by atoms with E-state index >= 15 is 0 Å². The number of benzene rings is 1. The first-order valence-corrected chi connectivity index (χ1v) is 10.5. The van der Waals surface area contributed by atoms with Crippen LogP contribution in [0.5, 0.6) is 0 Å². The summed E-state index contributed by atoms with van der Waals surface area (Å²) in [6.07, 6.45) is 6.43. The highest BCUT2D eigenvalue weighted by atomic mass is 35.5. The van der Waals surface area contributed by atoms with Crippen molar-refractivity contribution in [2.24, 2.45) is 0 Å². The summed E-state index contributed by atoms with van der Waals surface area (Å²) in [6, 6.07) is 10.8. The molecule has 7 heteroatoms. The number of aromatic nitrogens is 1. The first kappa shape index (κ1) is 19.7. The average molecular weight is 413 g/mol. The minimum atomic E-state index is -0.193. The van der Waals surface area contributed by atoms with Crippen LogP contribution in [0, 0.1) is 0 Å². The Morgan fingerprint density at radius 2 is 1.93 bits per heavy atom. The van der Waals surface area contributed by atoms with Crippen LogP contribution in [0.2, 0.25) is 5.02 Å². The van der Waals surface area contributed by atoms with Crippen LogP contribution in [0.15, 0.2) is 47.1 Å². The summed E-state index contributed by atoms with van der Waals surface area (Å²) in [4.78, 5) is 19.6. The van der Waals surface area contributed by atoms with E-state index in [1.807, 2.05) is 18.2 Å². The number of anilines is 2. The van der Waals surface area contributed by atoms with E-state index in [1.54, 1.807) is 24.5 Å². The van der Waals surface area contributed by atoms with Crippen LogP contribution < -0.4 is 10.6 Å². The molecule has 0 saturated carbocycles. The Hall–Kier alpha value is -2.57. The van der Waals surface area contributed by atoms with Crippen molar-refractivity contribution in [3.05, 3.63) is 53.4 Å². The summed E-state index contributed by atoms with van der Waals surface area (Å²) in [6.45, 7) is 4.00. The minimum absolute atomic E-state index is 0.193. The first-order chi connectivity index (χ1) is 14.2. The Morgan fingerprint density at radius 1 is 1.14 bits per heavy atom. The van der Waals surface area contributed by atoms with Crippen LogP contribution in [0.3, 0.4) is 0 Å². The Morgan fingerprint density at radius 3 is 2.72 bits per heavy atom. The van der Waals surface area contributed by atoms with Gasteiger partial charge in [-0.05, 0) is 69.2 Å². The predicted octanol–water partition coefficient (Wildman–Crippen LogP) is 4.83. The molecule has 1 saturated heterocycles. The van der Waals surface area contributed by atoms with Crippen molar-refractivity contribution in [1.82, 2.24) is 15.2 Å². The molecule has 6 nitrogen and oxygen atoms in total. The molecule has 3 aromatic rings. The van der Waals surface area contributed by atoms with Crippen LogP contribution in [-0.4, -0.2) is 42.0 Å². The van der Waals surface area contributed by atoms with E-state index in [-0.39, 0.29) is 5.91 Å². The number of fused-ring (bicyclic) bond motifs is 1. The minimum Gasteiger partial charge on any atom is -0.464 e. The largest absolute Gasteiger partial charge is 0.464 e. The van der Waals surface area contributed by atoms with E-state index in [0.717, 1.165) is 24.0 Å². The van der Waals surface area contributed by atoms with Gasteiger partial charge in [0.15, 0.2) is 0 Å². The van der Waals surface area contributed by atoms with Gasteiger partial charge in [0.1, 0.15) is 17.1 Å². The fraction of sp³-hybridized carbons (Fsp3) is 0.364. The summed E-state index contributed by atoms with van der Waals surface area (Å²) in [7, 11) is 0. The molecular formula is C22H25ClN4O2. The first-order valence-electron chi connectivity index (χ1n) is 10.1. The zero-order valence-corrected chi connectivity index (χ0v) is 17.0. The fourth-order valence-corrected chi connectivity index (χ4v) is 3.75. The maximum absolute atomic E-state index is 12.6. The Labute approximate surface area is 175 Å². The highest BCUT2D eigenvalue weighted by Crippen LogP contribution is 2.27. The quantitative estimate of drug-likeness (QED) is 0.544. The lowest BCUT2D eigenvalue weighted by atomic mass is 10.1. The summed E-state index contributed by atoms with van der Waals surface area (Å²) in [5.74, 6) is 0.387. The van der Waals surface area contributed by atoms with Crippen LogP contribution in [0.1, 0.15) is 36.2 Å². The van der Waals surface area contributed by atoms with Crippen molar-refractivity contribution in [2.75, 3.05) is 31.5 Å². The number of piperidine rings is 1. The summed E-state index contributed by atoms with van der Waals surface area (Å²) >= 11 is 5.95. The lowest BCUT2D eigenvalue weighted by molar-refractivity contribution is 0.0946. The molecule has 0 aliphatic carbocycles. The van der Waals surface area contributed by atoms with E-state index in [4.69, 9.17) is 16.0 Å². The molecule has 29 heavy (non-hydrogen) atoms. The molecular weight excluding hydrogens is 388 g/mol. The van der Waals surface area contributed by atoms with Crippen LogP contribution in [0.4, 0.5) is 11.5 Å². The number of carbonyl (C=O) groups is 1. The lowest BCUT2D eigenvalue weighted by Crippen LogP contribution is -2.33. The molecule has 0 spiro atoms. The second kappa shape index (κ2) is 9.29. The number of rotatable bonds is 7. The topological polar surface area (TPSA) is 70.4 Å². The maximum Gasteiger partial charge on any atom is 0.270 e. The Kier molecular flexibility index (Phi) is 6.32. The lowest BCUT2D eigenvalue weighted by Gasteiger charge is -2.26. The highest BCUT2D eigenvalue weighted by molar-refractivity contribution is 6.30. The number of furan rings is 1. The van der Waals surface area contributed by atoms with Crippen LogP contribution in [0.25, 0.3) is 11.0 Å². The number of amides is 1. The number of hydrogen-bond acceptors (Lipinski definition) is 5. The van der Waals surface area contributed by atoms with Gasteiger partial charge in [-0.25, -0.2) is 4.98 Å². The van der Waals surface area contributed by atoms with Gasteiger partial charge in [-0.15, -0.1) is 0 Å². The van der Waals surface area contributed by atoms with Gasteiger partial charge in [-0.3, -0.25) is 4.79 Å².